The maximum Gasteiger partial charge on any atom is 0.523 e. The Morgan fingerprint density at radius 3 is 2.23 bits per heavy atom. The summed E-state index contributed by atoms with van der Waals surface area (Å²) in [5.41, 5.74) is -4.38. The second kappa shape index (κ2) is 9.59. The molecule has 10 heteroatoms. The highest BCUT2D eigenvalue weighted by molar-refractivity contribution is 7.87. The Kier molecular flexibility index (Phi) is 7.62. The van der Waals surface area contributed by atoms with Crippen LogP contribution in [0.15, 0.2) is 54.6 Å². The molecule has 0 saturated heterocycles. The van der Waals surface area contributed by atoms with E-state index in [1.54, 1.807) is 48.5 Å². The number of amides is 1. The highest BCUT2D eigenvalue weighted by Crippen LogP contribution is 2.26. The van der Waals surface area contributed by atoms with Crippen molar-refractivity contribution in [1.82, 2.24) is 4.90 Å². The SMILES string of the molecule is CC(O)c1ccccc1C(=O)N(C)C(COS(=O)(=O)C(F)(F)F)Cc1ccccc1. The van der Waals surface area contributed by atoms with E-state index in [1.807, 2.05) is 0 Å². The Morgan fingerprint density at radius 2 is 1.67 bits per heavy atom. The van der Waals surface area contributed by atoms with Gasteiger partial charge in [0.15, 0.2) is 0 Å². The van der Waals surface area contributed by atoms with Crippen LogP contribution in [-0.2, 0) is 20.7 Å². The first-order valence-electron chi connectivity index (χ1n) is 8.98. The minimum Gasteiger partial charge on any atom is -0.389 e. The second-order valence-electron chi connectivity index (χ2n) is 6.71. The van der Waals surface area contributed by atoms with Crippen molar-refractivity contribution < 1.29 is 35.7 Å². The molecule has 1 amide bonds. The van der Waals surface area contributed by atoms with Gasteiger partial charge in [0.25, 0.3) is 5.91 Å². The molecule has 0 spiro atoms. The zero-order valence-corrected chi connectivity index (χ0v) is 17.2. The minimum atomic E-state index is -5.81. The van der Waals surface area contributed by atoms with Crippen LogP contribution in [0.1, 0.15) is 34.5 Å². The van der Waals surface area contributed by atoms with E-state index in [0.717, 1.165) is 4.90 Å². The highest BCUT2D eigenvalue weighted by atomic mass is 32.2. The number of halogens is 3. The lowest BCUT2D eigenvalue weighted by molar-refractivity contribution is -0.0552. The standard InChI is InChI=1S/C20H22F3NO5S/c1-14(25)17-10-6-7-11-18(17)19(26)24(2)16(12-15-8-4-3-5-9-15)13-29-30(27,28)20(21,22)23/h3-11,14,16,25H,12-13H2,1-2H3. The molecule has 0 heterocycles. The molecule has 6 nitrogen and oxygen atoms in total. The molecule has 2 aromatic rings. The van der Waals surface area contributed by atoms with Gasteiger partial charge < -0.3 is 10.0 Å². The summed E-state index contributed by atoms with van der Waals surface area (Å²) in [5, 5.41) is 9.91. The lowest BCUT2D eigenvalue weighted by atomic mass is 10.0. The first kappa shape index (κ1) is 23.8. The molecule has 2 unspecified atom stereocenters. The van der Waals surface area contributed by atoms with E-state index in [9.17, 15) is 31.5 Å². The summed E-state index contributed by atoms with van der Waals surface area (Å²) in [7, 11) is -4.46. The van der Waals surface area contributed by atoms with Crippen LogP contribution < -0.4 is 0 Å². The number of benzene rings is 2. The molecule has 2 atom stereocenters. The van der Waals surface area contributed by atoms with Crippen molar-refractivity contribution in [1.29, 1.82) is 0 Å². The molecule has 0 aliphatic carbocycles. The number of aliphatic hydroxyl groups is 1. The topological polar surface area (TPSA) is 83.9 Å². The van der Waals surface area contributed by atoms with Gasteiger partial charge >= 0.3 is 15.6 Å². The Bertz CT molecular complexity index is 962. The van der Waals surface area contributed by atoms with Gasteiger partial charge in [0, 0.05) is 12.6 Å². The quantitative estimate of drug-likeness (QED) is 0.498. The van der Waals surface area contributed by atoms with E-state index in [2.05, 4.69) is 4.18 Å². The van der Waals surface area contributed by atoms with Crippen LogP contribution in [0.5, 0.6) is 0 Å². The molecule has 164 valence electrons. The number of rotatable bonds is 8. The maximum absolute atomic E-state index is 13.0. The third kappa shape index (κ3) is 5.80. The van der Waals surface area contributed by atoms with Gasteiger partial charge in [0.1, 0.15) is 0 Å². The average Bonchev–Trinajstić information content (AvgIpc) is 2.70. The van der Waals surface area contributed by atoms with Crippen molar-refractivity contribution in [3.05, 3.63) is 71.3 Å². The molecular formula is C20H22F3NO5S. The van der Waals surface area contributed by atoms with Crippen LogP contribution in [0.4, 0.5) is 13.2 Å². The average molecular weight is 445 g/mol. The van der Waals surface area contributed by atoms with Crippen LogP contribution in [0.25, 0.3) is 0 Å². The molecule has 0 aliphatic heterocycles. The van der Waals surface area contributed by atoms with Crippen LogP contribution >= 0.6 is 0 Å². The van der Waals surface area contributed by atoms with Crippen molar-refractivity contribution >= 4 is 16.0 Å². The molecule has 30 heavy (non-hydrogen) atoms. The van der Waals surface area contributed by atoms with Gasteiger partial charge in [-0.15, -0.1) is 0 Å². The molecule has 0 radical (unpaired) electrons. The van der Waals surface area contributed by atoms with Gasteiger partial charge in [-0.25, -0.2) is 0 Å². The molecule has 0 saturated carbocycles. The van der Waals surface area contributed by atoms with Crippen LogP contribution in [-0.4, -0.2) is 49.5 Å². The van der Waals surface area contributed by atoms with E-state index >= 15 is 0 Å². The van der Waals surface area contributed by atoms with Gasteiger partial charge in [0.2, 0.25) is 0 Å². The van der Waals surface area contributed by atoms with Gasteiger partial charge in [-0.05, 0) is 30.5 Å². The molecular weight excluding hydrogens is 423 g/mol. The molecule has 0 bridgehead atoms. The summed E-state index contributed by atoms with van der Waals surface area (Å²) in [5.74, 6) is -0.583. The number of alkyl halides is 3. The number of hydrogen-bond donors (Lipinski definition) is 1. The number of aliphatic hydroxyl groups excluding tert-OH is 1. The summed E-state index contributed by atoms with van der Waals surface area (Å²) >= 11 is 0. The summed E-state index contributed by atoms with van der Waals surface area (Å²) < 4.78 is 64.8. The zero-order chi connectivity index (χ0) is 22.5. The molecule has 1 N–H and O–H groups in total. The first-order valence-corrected chi connectivity index (χ1v) is 10.4. The van der Waals surface area contributed by atoms with E-state index in [1.165, 1.54) is 20.0 Å². The Balaban J connectivity index is 2.32. The van der Waals surface area contributed by atoms with Crippen LogP contribution in [0.3, 0.4) is 0 Å². The van der Waals surface area contributed by atoms with Crippen LogP contribution in [0, 0.1) is 0 Å². The van der Waals surface area contributed by atoms with Crippen molar-refractivity contribution in [2.45, 2.75) is 31.0 Å². The fourth-order valence-corrected chi connectivity index (χ4v) is 3.31. The number of nitrogens with zero attached hydrogens (tertiary/aromatic N) is 1. The Hall–Kier alpha value is -2.43. The summed E-state index contributed by atoms with van der Waals surface area (Å²) in [6, 6.07) is 13.8. The van der Waals surface area contributed by atoms with Gasteiger partial charge in [0.05, 0.1) is 18.8 Å². The van der Waals surface area contributed by atoms with Crippen molar-refractivity contribution in [2.24, 2.45) is 0 Å². The van der Waals surface area contributed by atoms with Gasteiger partial charge in [-0.2, -0.15) is 21.6 Å². The third-order valence-electron chi connectivity index (χ3n) is 4.52. The van der Waals surface area contributed by atoms with Gasteiger partial charge in [-0.3, -0.25) is 8.98 Å². The van der Waals surface area contributed by atoms with Crippen molar-refractivity contribution in [2.75, 3.05) is 13.7 Å². The monoisotopic (exact) mass is 445 g/mol. The smallest absolute Gasteiger partial charge is 0.389 e. The van der Waals surface area contributed by atoms with E-state index < -0.39 is 40.3 Å². The number of likely N-dealkylation sites (N-methyl/N-ethyl adjacent to an activating group) is 1. The fraction of sp³-hybridized carbons (Fsp3) is 0.350. The lowest BCUT2D eigenvalue weighted by Crippen LogP contribution is -2.43. The summed E-state index contributed by atoms with van der Waals surface area (Å²) in [6.45, 7) is 0.600. The molecule has 0 aromatic heterocycles. The largest absolute Gasteiger partial charge is 0.523 e. The summed E-state index contributed by atoms with van der Waals surface area (Å²) in [4.78, 5) is 14.1. The Morgan fingerprint density at radius 1 is 1.10 bits per heavy atom. The molecule has 2 rings (SSSR count). The number of carbonyl (C=O) groups is 1. The molecule has 0 aliphatic rings. The second-order valence-corrected chi connectivity index (χ2v) is 8.31. The third-order valence-corrected chi connectivity index (χ3v) is 5.54. The molecule has 0 fully saturated rings. The number of hydrogen-bond acceptors (Lipinski definition) is 5. The lowest BCUT2D eigenvalue weighted by Gasteiger charge is -2.29. The van der Waals surface area contributed by atoms with E-state index in [0.29, 0.717) is 11.1 Å². The van der Waals surface area contributed by atoms with E-state index in [-0.39, 0.29) is 12.0 Å². The maximum atomic E-state index is 13.0. The first-order chi connectivity index (χ1) is 13.9. The van der Waals surface area contributed by atoms with E-state index in [4.69, 9.17) is 0 Å². The highest BCUT2D eigenvalue weighted by Gasteiger charge is 2.47. The van der Waals surface area contributed by atoms with Crippen molar-refractivity contribution in [3.8, 4) is 0 Å². The predicted molar refractivity (Wildman–Crippen MR) is 104 cm³/mol. The Labute approximate surface area is 173 Å². The number of carbonyl (C=O) groups excluding carboxylic acids is 1. The fourth-order valence-electron chi connectivity index (χ4n) is 2.84. The van der Waals surface area contributed by atoms with Gasteiger partial charge in [-0.1, -0.05) is 48.5 Å². The summed E-state index contributed by atoms with van der Waals surface area (Å²) in [6.07, 6.45) is -0.888. The normalized spacial score (nSPS) is 14.2. The van der Waals surface area contributed by atoms with Crippen LogP contribution in [0.2, 0.25) is 0 Å². The zero-order valence-electron chi connectivity index (χ0n) is 16.3. The van der Waals surface area contributed by atoms with Crippen molar-refractivity contribution in [3.63, 3.8) is 0 Å². The predicted octanol–water partition coefficient (Wildman–Crippen LogP) is 3.29. The molecule has 2 aromatic carbocycles. The minimum absolute atomic E-state index is 0.0628.